The molecule has 0 aliphatic carbocycles. The third-order valence-electron chi connectivity index (χ3n) is 3.46. The molecule has 96 valence electrons. The highest BCUT2D eigenvalue weighted by molar-refractivity contribution is 5.04. The molecule has 2 heterocycles. The third kappa shape index (κ3) is 3.30. The van der Waals surface area contributed by atoms with E-state index in [2.05, 4.69) is 29.2 Å². The second-order valence-corrected chi connectivity index (χ2v) is 5.10. The lowest BCUT2D eigenvalue weighted by Crippen LogP contribution is -2.54. The molecule has 1 aromatic rings. The summed E-state index contributed by atoms with van der Waals surface area (Å²) in [6.45, 7) is 9.54. The van der Waals surface area contributed by atoms with Gasteiger partial charge in [0, 0.05) is 37.8 Å². The first-order valence-corrected chi connectivity index (χ1v) is 6.58. The Morgan fingerprint density at radius 2 is 2.41 bits per heavy atom. The van der Waals surface area contributed by atoms with Crippen molar-refractivity contribution in [3.63, 3.8) is 0 Å². The molecule has 0 aromatic carbocycles. The maximum Gasteiger partial charge on any atom is 0.133 e. The van der Waals surface area contributed by atoms with Crippen molar-refractivity contribution in [2.45, 2.75) is 52.2 Å². The predicted molar refractivity (Wildman–Crippen MR) is 67.8 cm³/mol. The van der Waals surface area contributed by atoms with E-state index < -0.39 is 0 Å². The molecular weight excluding hydrogens is 214 g/mol. The molecule has 0 bridgehead atoms. The van der Waals surface area contributed by atoms with Crippen molar-refractivity contribution in [1.29, 1.82) is 0 Å². The number of hydrogen-bond acceptors (Lipinski definition) is 4. The van der Waals surface area contributed by atoms with Gasteiger partial charge in [-0.05, 0) is 20.3 Å². The van der Waals surface area contributed by atoms with Gasteiger partial charge in [0.1, 0.15) is 5.76 Å². The van der Waals surface area contributed by atoms with Crippen LogP contribution in [0.15, 0.2) is 10.6 Å². The summed E-state index contributed by atoms with van der Waals surface area (Å²) in [5, 5.41) is 7.68. The van der Waals surface area contributed by atoms with E-state index in [0.29, 0.717) is 12.1 Å². The Hall–Kier alpha value is -0.870. The second kappa shape index (κ2) is 5.65. The van der Waals surface area contributed by atoms with Crippen LogP contribution in [0.1, 0.15) is 38.1 Å². The Morgan fingerprint density at radius 1 is 1.59 bits per heavy atom. The monoisotopic (exact) mass is 237 g/mol. The normalized spacial score (nSPS) is 26.3. The number of aryl methyl sites for hydroxylation is 1. The highest BCUT2D eigenvalue weighted by atomic mass is 16.5. The Labute approximate surface area is 103 Å². The van der Waals surface area contributed by atoms with Gasteiger partial charge >= 0.3 is 0 Å². The van der Waals surface area contributed by atoms with E-state index in [9.17, 15) is 0 Å². The van der Waals surface area contributed by atoms with Crippen LogP contribution in [0.2, 0.25) is 0 Å². The van der Waals surface area contributed by atoms with Gasteiger partial charge in [-0.15, -0.1) is 0 Å². The van der Waals surface area contributed by atoms with Crippen LogP contribution < -0.4 is 5.32 Å². The average molecular weight is 237 g/mol. The van der Waals surface area contributed by atoms with Crippen LogP contribution in [0.5, 0.6) is 0 Å². The minimum atomic E-state index is 0.570. The van der Waals surface area contributed by atoms with Gasteiger partial charge in [-0.1, -0.05) is 18.5 Å². The molecule has 17 heavy (non-hydrogen) atoms. The van der Waals surface area contributed by atoms with E-state index in [1.165, 1.54) is 12.8 Å². The Balaban J connectivity index is 1.93. The van der Waals surface area contributed by atoms with Gasteiger partial charge in [0.25, 0.3) is 0 Å². The molecule has 1 saturated heterocycles. The Bertz CT molecular complexity index is 350. The summed E-state index contributed by atoms with van der Waals surface area (Å²) in [6.07, 6.45) is 2.49. The minimum Gasteiger partial charge on any atom is -0.361 e. The zero-order valence-corrected chi connectivity index (χ0v) is 11.1. The van der Waals surface area contributed by atoms with Crippen LogP contribution in [0.25, 0.3) is 0 Å². The molecule has 0 saturated carbocycles. The zero-order chi connectivity index (χ0) is 12.3. The van der Waals surface area contributed by atoms with Crippen LogP contribution >= 0.6 is 0 Å². The van der Waals surface area contributed by atoms with Crippen LogP contribution in [-0.2, 0) is 6.54 Å². The lowest BCUT2D eigenvalue weighted by molar-refractivity contribution is 0.126. The summed E-state index contributed by atoms with van der Waals surface area (Å²) in [5.74, 6) is 0.896. The maximum absolute atomic E-state index is 5.12. The molecule has 2 atom stereocenters. The first-order chi connectivity index (χ1) is 8.19. The van der Waals surface area contributed by atoms with Crippen LogP contribution in [0.3, 0.4) is 0 Å². The first kappa shape index (κ1) is 12.6. The van der Waals surface area contributed by atoms with Crippen LogP contribution in [0.4, 0.5) is 0 Å². The average Bonchev–Trinajstić information content (AvgIpc) is 2.69. The van der Waals surface area contributed by atoms with E-state index in [4.69, 9.17) is 4.52 Å². The van der Waals surface area contributed by atoms with Gasteiger partial charge in [-0.2, -0.15) is 0 Å². The Morgan fingerprint density at radius 3 is 3.06 bits per heavy atom. The fraction of sp³-hybridized carbons (Fsp3) is 0.769. The Kier molecular flexibility index (Phi) is 4.18. The molecule has 0 amide bonds. The van der Waals surface area contributed by atoms with Gasteiger partial charge < -0.3 is 9.84 Å². The van der Waals surface area contributed by atoms with Crippen LogP contribution in [-0.4, -0.2) is 35.2 Å². The molecule has 4 heteroatoms. The quantitative estimate of drug-likeness (QED) is 0.869. The SMILES string of the molecule is CCCC1CN(Cc2cc(C)on2)C(C)CN1. The lowest BCUT2D eigenvalue weighted by Gasteiger charge is -2.38. The van der Waals surface area contributed by atoms with Crippen LogP contribution in [0, 0.1) is 6.92 Å². The minimum absolute atomic E-state index is 0.570. The summed E-state index contributed by atoms with van der Waals surface area (Å²) in [4.78, 5) is 2.49. The van der Waals surface area contributed by atoms with E-state index in [0.717, 1.165) is 31.1 Å². The van der Waals surface area contributed by atoms with Gasteiger partial charge in [0.2, 0.25) is 0 Å². The van der Waals surface area contributed by atoms with Gasteiger partial charge in [-0.25, -0.2) is 0 Å². The molecule has 0 spiro atoms. The number of hydrogen-bond donors (Lipinski definition) is 1. The predicted octanol–water partition coefficient (Wildman–Crippen LogP) is 1.95. The highest BCUT2D eigenvalue weighted by Gasteiger charge is 2.24. The molecular formula is C13H23N3O. The fourth-order valence-electron chi connectivity index (χ4n) is 2.46. The number of aromatic nitrogens is 1. The number of piperazine rings is 1. The molecule has 2 unspecified atom stereocenters. The summed E-state index contributed by atoms with van der Waals surface area (Å²) >= 11 is 0. The van der Waals surface area contributed by atoms with Gasteiger partial charge in [-0.3, -0.25) is 4.90 Å². The smallest absolute Gasteiger partial charge is 0.133 e. The van der Waals surface area contributed by atoms with Crippen molar-refractivity contribution < 1.29 is 4.52 Å². The maximum atomic E-state index is 5.12. The number of nitrogens with one attached hydrogen (secondary N) is 1. The van der Waals surface area contributed by atoms with E-state index in [1.807, 2.05) is 13.0 Å². The molecule has 4 nitrogen and oxygen atoms in total. The molecule has 1 aliphatic heterocycles. The third-order valence-corrected chi connectivity index (χ3v) is 3.46. The van der Waals surface area contributed by atoms with E-state index in [1.54, 1.807) is 0 Å². The van der Waals surface area contributed by atoms with Crippen molar-refractivity contribution in [2.75, 3.05) is 13.1 Å². The topological polar surface area (TPSA) is 41.3 Å². The highest BCUT2D eigenvalue weighted by Crippen LogP contribution is 2.14. The standard InChI is InChI=1S/C13H23N3O/c1-4-5-12-8-16(10(2)7-14-12)9-13-6-11(3)17-15-13/h6,10,12,14H,4-5,7-9H2,1-3H3. The lowest BCUT2D eigenvalue weighted by atomic mass is 10.1. The van der Waals surface area contributed by atoms with Crippen molar-refractivity contribution in [3.8, 4) is 0 Å². The summed E-state index contributed by atoms with van der Waals surface area (Å²) in [6, 6.07) is 3.23. The second-order valence-electron chi connectivity index (χ2n) is 5.10. The first-order valence-electron chi connectivity index (χ1n) is 6.58. The largest absolute Gasteiger partial charge is 0.361 e. The molecule has 1 N–H and O–H groups in total. The molecule has 2 rings (SSSR count). The molecule has 1 aromatic heterocycles. The molecule has 1 aliphatic rings. The van der Waals surface area contributed by atoms with Crippen molar-refractivity contribution in [1.82, 2.24) is 15.4 Å². The van der Waals surface area contributed by atoms with Crippen molar-refractivity contribution in [2.24, 2.45) is 0 Å². The summed E-state index contributed by atoms with van der Waals surface area (Å²) < 4.78 is 5.12. The van der Waals surface area contributed by atoms with Crippen molar-refractivity contribution in [3.05, 3.63) is 17.5 Å². The summed E-state index contributed by atoms with van der Waals surface area (Å²) in [7, 11) is 0. The van der Waals surface area contributed by atoms with Gasteiger partial charge in [0.15, 0.2) is 0 Å². The van der Waals surface area contributed by atoms with Crippen molar-refractivity contribution >= 4 is 0 Å². The number of nitrogens with zero attached hydrogens (tertiary/aromatic N) is 2. The van der Waals surface area contributed by atoms with E-state index >= 15 is 0 Å². The molecule has 1 fully saturated rings. The zero-order valence-electron chi connectivity index (χ0n) is 11.1. The van der Waals surface area contributed by atoms with Gasteiger partial charge in [0.05, 0.1) is 5.69 Å². The van der Waals surface area contributed by atoms with E-state index in [-0.39, 0.29) is 0 Å². The molecule has 0 radical (unpaired) electrons. The fourth-order valence-corrected chi connectivity index (χ4v) is 2.46. The number of rotatable bonds is 4. The summed E-state index contributed by atoms with van der Waals surface area (Å²) in [5.41, 5.74) is 1.05.